The van der Waals surface area contributed by atoms with E-state index in [-0.39, 0.29) is 5.41 Å². The quantitative estimate of drug-likeness (QED) is 0.397. The topological polar surface area (TPSA) is 70.0 Å². The second-order valence-electron chi connectivity index (χ2n) is 9.16. The number of halogens is 1. The lowest BCUT2D eigenvalue weighted by Crippen LogP contribution is -2.37. The fraction of sp³-hybridized carbons (Fsp3) is 0.556. The first-order valence-electron chi connectivity index (χ1n) is 12.3. The largest absolute Gasteiger partial charge is 0.384 e. The standard InChI is InChI=1S/C27H37ClN4O/c1-3-8-22(31-20-27(19-29)13-15-33-16-14-27)12-7-9-21(2)24-17-26(30-18-25(24)28)32-23-10-5-4-6-11-23/h7-9,12,17-18,23,31H,3-6,10-11,13-16,20H2,1-2H3,(H,30,32)/b12-7-,21-9+,22-8-. The van der Waals surface area contributed by atoms with E-state index >= 15 is 0 Å². The summed E-state index contributed by atoms with van der Waals surface area (Å²) in [5, 5.41) is 17.4. The van der Waals surface area contributed by atoms with Crippen molar-refractivity contribution in [3.63, 3.8) is 0 Å². The van der Waals surface area contributed by atoms with Crippen LogP contribution >= 0.6 is 11.6 Å². The zero-order valence-electron chi connectivity index (χ0n) is 20.0. The molecule has 178 valence electrons. The molecule has 0 amide bonds. The van der Waals surface area contributed by atoms with Gasteiger partial charge in [-0.25, -0.2) is 4.98 Å². The molecule has 0 bridgehead atoms. The Morgan fingerprint density at radius 2 is 2.06 bits per heavy atom. The maximum absolute atomic E-state index is 9.70. The number of rotatable bonds is 9. The molecule has 1 aliphatic heterocycles. The SMILES string of the molecule is CC/C=C(/C=C\C=C(/C)c1cc(NC2CCCCC2)ncc1Cl)NCC1(C#N)CCOCC1. The lowest BCUT2D eigenvalue weighted by atomic mass is 9.81. The van der Waals surface area contributed by atoms with E-state index in [0.717, 1.165) is 41.9 Å². The number of nitrogens with one attached hydrogen (secondary N) is 2. The summed E-state index contributed by atoms with van der Waals surface area (Å²) in [7, 11) is 0. The van der Waals surface area contributed by atoms with Crippen LogP contribution in [0.5, 0.6) is 0 Å². The Morgan fingerprint density at radius 1 is 1.30 bits per heavy atom. The van der Waals surface area contributed by atoms with E-state index < -0.39 is 0 Å². The summed E-state index contributed by atoms with van der Waals surface area (Å²) in [6.45, 7) is 6.13. The van der Waals surface area contributed by atoms with Gasteiger partial charge in [-0.05, 0) is 56.7 Å². The van der Waals surface area contributed by atoms with Crippen molar-refractivity contribution in [1.82, 2.24) is 10.3 Å². The number of hydrogen-bond donors (Lipinski definition) is 2. The third-order valence-corrected chi connectivity index (χ3v) is 6.90. The first-order valence-corrected chi connectivity index (χ1v) is 12.6. The molecule has 0 aromatic carbocycles. The van der Waals surface area contributed by atoms with Crippen LogP contribution in [0.2, 0.25) is 5.02 Å². The Balaban J connectivity index is 1.65. The molecular formula is C27H37ClN4O. The fourth-order valence-electron chi connectivity index (χ4n) is 4.44. The van der Waals surface area contributed by atoms with E-state index in [1.165, 1.54) is 32.1 Å². The minimum atomic E-state index is -0.350. The summed E-state index contributed by atoms with van der Waals surface area (Å²) >= 11 is 6.47. The fourth-order valence-corrected chi connectivity index (χ4v) is 4.69. The molecule has 2 aliphatic rings. The molecule has 0 atom stereocenters. The average Bonchev–Trinajstić information content (AvgIpc) is 2.85. The maximum atomic E-state index is 9.70. The second kappa shape index (κ2) is 12.8. The van der Waals surface area contributed by atoms with Gasteiger partial charge in [-0.15, -0.1) is 0 Å². The van der Waals surface area contributed by atoms with Crippen LogP contribution in [0.4, 0.5) is 5.82 Å². The molecule has 1 aliphatic carbocycles. The average molecular weight is 469 g/mol. The van der Waals surface area contributed by atoms with Gasteiger partial charge in [-0.1, -0.05) is 56.0 Å². The zero-order valence-corrected chi connectivity index (χ0v) is 20.8. The summed E-state index contributed by atoms with van der Waals surface area (Å²) in [6.07, 6.45) is 18.8. The Kier molecular flexibility index (Phi) is 9.84. The molecule has 5 nitrogen and oxygen atoms in total. The molecule has 2 heterocycles. The van der Waals surface area contributed by atoms with Gasteiger partial charge in [0.1, 0.15) is 5.82 Å². The Labute approximate surface area is 204 Å². The highest BCUT2D eigenvalue weighted by molar-refractivity contribution is 6.32. The Bertz CT molecular complexity index is 903. The van der Waals surface area contributed by atoms with Crippen molar-refractivity contribution >= 4 is 23.0 Å². The lowest BCUT2D eigenvalue weighted by molar-refractivity contribution is 0.0416. The van der Waals surface area contributed by atoms with Crippen LogP contribution in [0, 0.1) is 16.7 Å². The van der Waals surface area contributed by atoms with E-state index in [2.05, 4.69) is 59.8 Å². The van der Waals surface area contributed by atoms with E-state index in [9.17, 15) is 5.26 Å². The van der Waals surface area contributed by atoms with Crippen molar-refractivity contribution in [2.24, 2.45) is 5.41 Å². The highest BCUT2D eigenvalue weighted by Crippen LogP contribution is 2.29. The monoisotopic (exact) mass is 468 g/mol. The van der Waals surface area contributed by atoms with Crippen LogP contribution < -0.4 is 10.6 Å². The number of nitrogens with zero attached hydrogens (tertiary/aromatic N) is 2. The molecule has 2 N–H and O–H groups in total. The smallest absolute Gasteiger partial charge is 0.126 e. The second-order valence-corrected chi connectivity index (χ2v) is 9.57. The normalized spacial score (nSPS) is 19.9. The summed E-state index contributed by atoms with van der Waals surface area (Å²) in [4.78, 5) is 4.49. The molecule has 6 heteroatoms. The minimum absolute atomic E-state index is 0.350. The number of anilines is 1. The van der Waals surface area contributed by atoms with Crippen LogP contribution in [0.3, 0.4) is 0 Å². The Hall–Kier alpha value is -2.29. The van der Waals surface area contributed by atoms with Gasteiger partial charge < -0.3 is 15.4 Å². The predicted octanol–water partition coefficient (Wildman–Crippen LogP) is 6.64. The molecule has 3 rings (SSSR count). The van der Waals surface area contributed by atoms with Crippen molar-refractivity contribution < 1.29 is 4.74 Å². The van der Waals surface area contributed by atoms with Crippen molar-refractivity contribution in [1.29, 1.82) is 5.26 Å². The van der Waals surface area contributed by atoms with Crippen LogP contribution in [0.25, 0.3) is 5.57 Å². The number of hydrogen-bond acceptors (Lipinski definition) is 5. The predicted molar refractivity (Wildman–Crippen MR) is 137 cm³/mol. The van der Waals surface area contributed by atoms with Gasteiger partial charge in [0, 0.05) is 43.3 Å². The minimum Gasteiger partial charge on any atom is -0.384 e. The molecule has 1 saturated carbocycles. The van der Waals surface area contributed by atoms with Crippen LogP contribution in [0.1, 0.15) is 70.8 Å². The molecule has 0 unspecified atom stereocenters. The van der Waals surface area contributed by atoms with Gasteiger partial charge in [0.25, 0.3) is 0 Å². The van der Waals surface area contributed by atoms with E-state index in [1.54, 1.807) is 6.20 Å². The molecule has 1 saturated heterocycles. The van der Waals surface area contributed by atoms with Crippen LogP contribution in [0.15, 0.2) is 42.3 Å². The van der Waals surface area contributed by atoms with Crippen LogP contribution in [-0.4, -0.2) is 30.8 Å². The highest BCUT2D eigenvalue weighted by Gasteiger charge is 2.32. The number of aromatic nitrogens is 1. The summed E-state index contributed by atoms with van der Waals surface area (Å²) in [5.41, 5.74) is 2.76. The third-order valence-electron chi connectivity index (χ3n) is 6.60. The molecule has 1 aromatic heterocycles. The first kappa shape index (κ1) is 25.3. The van der Waals surface area contributed by atoms with Crippen LogP contribution in [-0.2, 0) is 4.74 Å². The van der Waals surface area contributed by atoms with Gasteiger partial charge in [-0.3, -0.25) is 0 Å². The molecule has 33 heavy (non-hydrogen) atoms. The van der Waals surface area contributed by atoms with Gasteiger partial charge in [-0.2, -0.15) is 5.26 Å². The Morgan fingerprint density at radius 3 is 2.76 bits per heavy atom. The molecule has 0 radical (unpaired) electrons. The van der Waals surface area contributed by atoms with Crippen molar-refractivity contribution in [3.05, 3.63) is 52.9 Å². The van der Waals surface area contributed by atoms with Gasteiger partial charge >= 0.3 is 0 Å². The summed E-state index contributed by atoms with van der Waals surface area (Å²) < 4.78 is 5.44. The molecule has 2 fully saturated rings. The first-order chi connectivity index (χ1) is 16.0. The number of allylic oxidation sites excluding steroid dienone is 5. The molecule has 0 spiro atoms. The molecule has 1 aromatic rings. The van der Waals surface area contributed by atoms with E-state index in [1.807, 2.05) is 6.08 Å². The van der Waals surface area contributed by atoms with Crippen molar-refractivity contribution in [2.75, 3.05) is 25.1 Å². The van der Waals surface area contributed by atoms with Crippen molar-refractivity contribution in [3.8, 4) is 6.07 Å². The molecular weight excluding hydrogens is 432 g/mol. The van der Waals surface area contributed by atoms with Gasteiger partial charge in [0.15, 0.2) is 0 Å². The van der Waals surface area contributed by atoms with E-state index in [4.69, 9.17) is 16.3 Å². The van der Waals surface area contributed by atoms with Gasteiger partial charge in [0.2, 0.25) is 0 Å². The van der Waals surface area contributed by atoms with E-state index in [0.29, 0.717) is 30.8 Å². The summed E-state index contributed by atoms with van der Waals surface area (Å²) in [5.74, 6) is 0.893. The lowest BCUT2D eigenvalue weighted by Gasteiger charge is -2.31. The highest BCUT2D eigenvalue weighted by atomic mass is 35.5. The third kappa shape index (κ3) is 7.62. The number of nitriles is 1. The van der Waals surface area contributed by atoms with Crippen molar-refractivity contribution in [2.45, 2.75) is 71.3 Å². The maximum Gasteiger partial charge on any atom is 0.126 e. The summed E-state index contributed by atoms with van der Waals surface area (Å²) in [6, 6.07) is 5.08. The number of ether oxygens (including phenoxy) is 1. The number of pyridine rings is 1. The zero-order chi connectivity index (χ0) is 23.5. The van der Waals surface area contributed by atoms with Gasteiger partial charge in [0.05, 0.1) is 16.5 Å².